The number of hydrogen-bond donors (Lipinski definition) is 2. The van der Waals surface area contributed by atoms with Crippen molar-refractivity contribution in [3.05, 3.63) is 35.4 Å². The number of ether oxygens (including phenoxy) is 1. The van der Waals surface area contributed by atoms with Crippen molar-refractivity contribution in [2.24, 2.45) is 5.92 Å². The van der Waals surface area contributed by atoms with Gasteiger partial charge in [-0.1, -0.05) is 31.2 Å². The van der Waals surface area contributed by atoms with Crippen molar-refractivity contribution in [1.29, 1.82) is 0 Å². The first-order valence-corrected chi connectivity index (χ1v) is 9.04. The zero-order valence-electron chi connectivity index (χ0n) is 14.8. The predicted molar refractivity (Wildman–Crippen MR) is 95.1 cm³/mol. The summed E-state index contributed by atoms with van der Waals surface area (Å²) in [6.07, 6.45) is 3.61. The molecule has 2 aliphatic rings. The zero-order chi connectivity index (χ0) is 16.9. The Morgan fingerprint density at radius 2 is 2.04 bits per heavy atom. The van der Waals surface area contributed by atoms with Crippen LogP contribution in [0.2, 0.25) is 0 Å². The van der Waals surface area contributed by atoms with Gasteiger partial charge in [0.15, 0.2) is 0 Å². The van der Waals surface area contributed by atoms with Gasteiger partial charge in [-0.05, 0) is 36.3 Å². The van der Waals surface area contributed by atoms with Gasteiger partial charge >= 0.3 is 6.03 Å². The van der Waals surface area contributed by atoms with Gasteiger partial charge in [-0.2, -0.15) is 0 Å². The summed E-state index contributed by atoms with van der Waals surface area (Å²) in [6, 6.07) is 8.47. The molecule has 0 saturated carbocycles. The van der Waals surface area contributed by atoms with Crippen LogP contribution in [0.15, 0.2) is 24.3 Å². The molecule has 2 atom stereocenters. The second kappa shape index (κ2) is 7.99. The number of rotatable bonds is 5. The van der Waals surface area contributed by atoms with Crippen molar-refractivity contribution in [1.82, 2.24) is 15.5 Å². The molecule has 1 aromatic rings. The minimum atomic E-state index is -0.0599. The fourth-order valence-electron chi connectivity index (χ4n) is 3.90. The number of nitrogens with one attached hydrogen (secondary N) is 2. The molecule has 0 aromatic heterocycles. The molecule has 1 heterocycles. The molecule has 132 valence electrons. The maximum absolute atomic E-state index is 12.2. The zero-order valence-corrected chi connectivity index (χ0v) is 14.8. The highest BCUT2D eigenvalue weighted by atomic mass is 16.5. The van der Waals surface area contributed by atoms with E-state index < -0.39 is 0 Å². The maximum atomic E-state index is 12.2. The van der Waals surface area contributed by atoms with Crippen molar-refractivity contribution < 1.29 is 9.53 Å². The number of urea groups is 1. The molecule has 0 unspecified atom stereocenters. The Morgan fingerprint density at radius 3 is 2.79 bits per heavy atom. The van der Waals surface area contributed by atoms with Crippen LogP contribution in [0.25, 0.3) is 0 Å². The number of methoxy groups -OCH3 is 1. The Hall–Kier alpha value is -1.59. The van der Waals surface area contributed by atoms with Gasteiger partial charge in [-0.15, -0.1) is 0 Å². The molecule has 2 N–H and O–H groups in total. The van der Waals surface area contributed by atoms with Gasteiger partial charge in [0.1, 0.15) is 0 Å². The number of carbonyl (C=O) groups excluding carboxylic acids is 1. The second-order valence-corrected chi connectivity index (χ2v) is 7.03. The Balaban J connectivity index is 1.40. The van der Waals surface area contributed by atoms with E-state index in [-0.39, 0.29) is 12.1 Å². The Labute approximate surface area is 144 Å². The smallest absolute Gasteiger partial charge is 0.315 e. The van der Waals surface area contributed by atoms with E-state index in [0.717, 1.165) is 38.9 Å². The Bertz CT molecular complexity index is 555. The molecule has 0 radical (unpaired) electrons. The topological polar surface area (TPSA) is 53.6 Å². The minimum absolute atomic E-state index is 0.0599. The number of amides is 2. The summed E-state index contributed by atoms with van der Waals surface area (Å²) < 4.78 is 5.39. The summed E-state index contributed by atoms with van der Waals surface area (Å²) >= 11 is 0. The summed E-state index contributed by atoms with van der Waals surface area (Å²) in [7, 11) is 1.79. The summed E-state index contributed by atoms with van der Waals surface area (Å²) in [5.41, 5.74) is 2.62. The number of nitrogens with zero attached hydrogens (tertiary/aromatic N) is 1. The number of hydrogen-bond acceptors (Lipinski definition) is 3. The van der Waals surface area contributed by atoms with Gasteiger partial charge in [0.25, 0.3) is 0 Å². The van der Waals surface area contributed by atoms with Crippen LogP contribution in [0.3, 0.4) is 0 Å². The molecular formula is C19H29N3O2. The molecule has 3 rings (SSSR count). The van der Waals surface area contributed by atoms with Crippen molar-refractivity contribution in [2.75, 3.05) is 33.3 Å². The first-order chi connectivity index (χ1) is 11.7. The third kappa shape index (κ3) is 4.08. The second-order valence-electron chi connectivity index (χ2n) is 7.03. The van der Waals surface area contributed by atoms with Crippen LogP contribution in [-0.4, -0.2) is 50.3 Å². The van der Waals surface area contributed by atoms with Crippen LogP contribution in [-0.2, 0) is 11.2 Å². The number of benzene rings is 1. The Kier molecular flexibility index (Phi) is 5.74. The van der Waals surface area contributed by atoms with E-state index in [2.05, 4.69) is 40.7 Å². The largest absolute Gasteiger partial charge is 0.381 e. The SMILES string of the molecule is COC1CCN(CCNC(=O)N[C@H]2c3ccccc3C[C@H]2C)CC1. The first kappa shape index (κ1) is 17.2. The fraction of sp³-hybridized carbons (Fsp3) is 0.632. The molecule has 1 aliphatic heterocycles. The summed E-state index contributed by atoms with van der Waals surface area (Å²) in [5.74, 6) is 0.446. The van der Waals surface area contributed by atoms with Crippen molar-refractivity contribution >= 4 is 6.03 Å². The third-order valence-electron chi connectivity index (χ3n) is 5.37. The number of fused-ring (bicyclic) bond motifs is 1. The van der Waals surface area contributed by atoms with E-state index in [0.29, 0.717) is 18.6 Å². The van der Waals surface area contributed by atoms with Gasteiger partial charge in [0.2, 0.25) is 0 Å². The average molecular weight is 331 g/mol. The van der Waals surface area contributed by atoms with E-state index in [4.69, 9.17) is 4.74 Å². The van der Waals surface area contributed by atoms with E-state index in [1.54, 1.807) is 7.11 Å². The molecule has 1 fully saturated rings. The van der Waals surface area contributed by atoms with Gasteiger partial charge in [0, 0.05) is 33.3 Å². The van der Waals surface area contributed by atoms with Gasteiger partial charge in [0.05, 0.1) is 12.1 Å². The van der Waals surface area contributed by atoms with E-state index in [9.17, 15) is 4.79 Å². The van der Waals surface area contributed by atoms with Gasteiger partial charge in [-0.25, -0.2) is 4.79 Å². The highest BCUT2D eigenvalue weighted by Gasteiger charge is 2.30. The highest BCUT2D eigenvalue weighted by molar-refractivity contribution is 5.74. The number of likely N-dealkylation sites (tertiary alicyclic amines) is 1. The van der Waals surface area contributed by atoms with E-state index in [1.807, 2.05) is 6.07 Å². The van der Waals surface area contributed by atoms with Crippen molar-refractivity contribution in [2.45, 2.75) is 38.3 Å². The van der Waals surface area contributed by atoms with Crippen molar-refractivity contribution in [3.8, 4) is 0 Å². The number of piperidine rings is 1. The van der Waals surface area contributed by atoms with Crippen molar-refractivity contribution in [3.63, 3.8) is 0 Å². The highest BCUT2D eigenvalue weighted by Crippen LogP contribution is 2.35. The van der Waals surface area contributed by atoms with Crippen LogP contribution in [0.4, 0.5) is 4.79 Å². The molecule has 5 nitrogen and oxygen atoms in total. The molecule has 0 spiro atoms. The average Bonchev–Trinajstić information content (AvgIpc) is 2.91. The van der Waals surface area contributed by atoms with Crippen LogP contribution in [0.1, 0.15) is 36.9 Å². The number of carbonyl (C=O) groups is 1. The lowest BCUT2D eigenvalue weighted by molar-refractivity contribution is 0.0416. The van der Waals surface area contributed by atoms with Gasteiger partial charge in [-0.3, -0.25) is 0 Å². The van der Waals surface area contributed by atoms with E-state index >= 15 is 0 Å². The fourth-order valence-corrected chi connectivity index (χ4v) is 3.90. The lowest BCUT2D eigenvalue weighted by Gasteiger charge is -2.31. The molecule has 1 aromatic carbocycles. The van der Waals surface area contributed by atoms with E-state index in [1.165, 1.54) is 11.1 Å². The summed E-state index contributed by atoms with van der Waals surface area (Å²) in [5, 5.41) is 6.16. The molecule has 1 aliphatic carbocycles. The molecule has 2 amide bonds. The Morgan fingerprint density at radius 1 is 1.29 bits per heavy atom. The maximum Gasteiger partial charge on any atom is 0.315 e. The first-order valence-electron chi connectivity index (χ1n) is 9.04. The van der Waals surface area contributed by atoms with Crippen LogP contribution >= 0.6 is 0 Å². The normalized spacial score (nSPS) is 24.6. The van der Waals surface area contributed by atoms with Crippen LogP contribution in [0.5, 0.6) is 0 Å². The lowest BCUT2D eigenvalue weighted by atomic mass is 10.0. The third-order valence-corrected chi connectivity index (χ3v) is 5.37. The quantitative estimate of drug-likeness (QED) is 0.871. The van der Waals surface area contributed by atoms with Crippen LogP contribution in [0, 0.1) is 5.92 Å². The molecule has 1 saturated heterocycles. The predicted octanol–water partition coefficient (Wildman–Crippen LogP) is 2.33. The minimum Gasteiger partial charge on any atom is -0.381 e. The van der Waals surface area contributed by atoms with Crippen LogP contribution < -0.4 is 10.6 Å². The lowest BCUT2D eigenvalue weighted by Crippen LogP contribution is -2.44. The summed E-state index contributed by atoms with van der Waals surface area (Å²) in [6.45, 7) is 5.89. The molecule has 5 heteroatoms. The molecular weight excluding hydrogens is 302 g/mol. The summed E-state index contributed by atoms with van der Waals surface area (Å²) in [4.78, 5) is 14.6. The standard InChI is InChI=1S/C19H29N3O2/c1-14-13-15-5-3-4-6-17(15)18(14)21-19(23)20-9-12-22-10-7-16(24-2)8-11-22/h3-6,14,16,18H,7-13H2,1-2H3,(H2,20,21,23)/t14-,18-/m1/s1. The molecule has 24 heavy (non-hydrogen) atoms. The molecule has 0 bridgehead atoms. The van der Waals surface area contributed by atoms with Gasteiger partial charge < -0.3 is 20.3 Å². The monoisotopic (exact) mass is 331 g/mol.